The van der Waals surface area contributed by atoms with Crippen molar-refractivity contribution in [1.82, 2.24) is 19.9 Å². The number of hydrogen-bond donors (Lipinski definition) is 2. The van der Waals surface area contributed by atoms with Gasteiger partial charge in [0, 0.05) is 31.5 Å². The molecule has 0 saturated heterocycles. The van der Waals surface area contributed by atoms with Crippen LogP contribution < -0.4 is 11.1 Å². The van der Waals surface area contributed by atoms with Crippen LogP contribution in [0.3, 0.4) is 0 Å². The molecule has 2 heterocycles. The lowest BCUT2D eigenvalue weighted by molar-refractivity contribution is 0.0600. The second kappa shape index (κ2) is 15.1. The van der Waals surface area contributed by atoms with Crippen LogP contribution in [0.1, 0.15) is 65.3 Å². The van der Waals surface area contributed by atoms with Gasteiger partial charge in [0.05, 0.1) is 24.4 Å². The Balaban J connectivity index is 0.000000337. The summed E-state index contributed by atoms with van der Waals surface area (Å²) in [6.45, 7) is 1.68. The van der Waals surface area contributed by atoms with E-state index >= 15 is 0 Å². The highest BCUT2D eigenvalue weighted by atomic mass is 35.5. The first kappa shape index (κ1) is 33.6. The zero-order valence-corrected chi connectivity index (χ0v) is 25.5. The van der Waals surface area contributed by atoms with Crippen LogP contribution in [-0.2, 0) is 24.2 Å². The maximum absolute atomic E-state index is 13.4. The van der Waals surface area contributed by atoms with Crippen molar-refractivity contribution < 1.29 is 32.7 Å². The molecule has 2 aromatic heterocycles. The lowest BCUT2D eigenvalue weighted by Gasteiger charge is -2.08. The van der Waals surface area contributed by atoms with Crippen LogP contribution in [0, 0.1) is 11.6 Å². The number of Topliss-reactive ketones (excluding diaryl/α,β-unsaturated/α-hetero) is 2. The minimum absolute atomic E-state index is 0.0231. The maximum Gasteiger partial charge on any atom is 0.337 e. The number of fused-ring (bicyclic) bond motifs is 1. The Morgan fingerprint density at radius 3 is 2.28 bits per heavy atom. The van der Waals surface area contributed by atoms with Crippen molar-refractivity contribution in [3.8, 4) is 0 Å². The molecule has 0 saturated carbocycles. The Labute approximate surface area is 267 Å². The highest BCUT2D eigenvalue weighted by Gasteiger charge is 2.22. The summed E-state index contributed by atoms with van der Waals surface area (Å²) in [6.07, 6.45) is 1.27. The van der Waals surface area contributed by atoms with E-state index in [0.717, 1.165) is 17.7 Å². The van der Waals surface area contributed by atoms with Crippen molar-refractivity contribution in [3.63, 3.8) is 0 Å². The Hall–Kier alpha value is -5.33. The number of methoxy groups -OCH3 is 1. The van der Waals surface area contributed by atoms with E-state index in [2.05, 4.69) is 20.1 Å². The first-order valence-electron chi connectivity index (χ1n) is 13.8. The lowest BCUT2D eigenvalue weighted by atomic mass is 10.1. The molecule has 0 fully saturated rings. The monoisotopic (exact) mass is 647 g/mol. The molecule has 10 nitrogen and oxygen atoms in total. The third-order valence-corrected chi connectivity index (χ3v) is 7.09. The van der Waals surface area contributed by atoms with Gasteiger partial charge in [-0.3, -0.25) is 14.4 Å². The van der Waals surface area contributed by atoms with Gasteiger partial charge in [-0.25, -0.2) is 23.1 Å². The van der Waals surface area contributed by atoms with Gasteiger partial charge >= 0.3 is 5.97 Å². The average molecular weight is 648 g/mol. The van der Waals surface area contributed by atoms with Crippen LogP contribution in [0.2, 0.25) is 5.02 Å². The molecule has 0 atom stereocenters. The normalized spacial score (nSPS) is 10.6. The summed E-state index contributed by atoms with van der Waals surface area (Å²) < 4.78 is 32.3. The van der Waals surface area contributed by atoms with Gasteiger partial charge in [0.15, 0.2) is 28.8 Å². The van der Waals surface area contributed by atoms with Gasteiger partial charge in [0.2, 0.25) is 0 Å². The largest absolute Gasteiger partial charge is 0.465 e. The molecular weight excluding hydrogens is 620 g/mol. The fourth-order valence-corrected chi connectivity index (χ4v) is 4.46. The Morgan fingerprint density at radius 2 is 1.65 bits per heavy atom. The fraction of sp³-hybridized carbons (Fsp3) is 0.152. The lowest BCUT2D eigenvalue weighted by Crippen LogP contribution is -2.25. The maximum atomic E-state index is 13.4. The zero-order valence-electron chi connectivity index (χ0n) is 24.7. The van der Waals surface area contributed by atoms with E-state index < -0.39 is 23.3 Å². The highest BCUT2D eigenvalue weighted by Crippen LogP contribution is 2.20. The summed E-state index contributed by atoms with van der Waals surface area (Å²) in [5, 5.41) is 7.09. The number of hydrogen-bond acceptors (Lipinski definition) is 8. The third kappa shape index (κ3) is 8.03. The minimum Gasteiger partial charge on any atom is -0.465 e. The van der Waals surface area contributed by atoms with Crippen LogP contribution >= 0.6 is 11.6 Å². The molecule has 5 aromatic rings. The van der Waals surface area contributed by atoms with Crippen molar-refractivity contribution >= 4 is 40.7 Å². The number of carbonyl (C=O) groups excluding carboxylic acids is 4. The van der Waals surface area contributed by atoms with Gasteiger partial charge < -0.3 is 15.8 Å². The second-order valence-corrected chi connectivity index (χ2v) is 10.3. The molecule has 0 aliphatic heterocycles. The Kier molecular flexibility index (Phi) is 11.0. The Bertz CT molecular complexity index is 1930. The van der Waals surface area contributed by atoms with Crippen LogP contribution in [-0.4, -0.2) is 45.2 Å². The van der Waals surface area contributed by atoms with Crippen LogP contribution in [0.25, 0.3) is 5.65 Å². The van der Waals surface area contributed by atoms with E-state index in [-0.39, 0.29) is 47.3 Å². The molecule has 0 spiro atoms. The molecule has 46 heavy (non-hydrogen) atoms. The van der Waals surface area contributed by atoms with Gasteiger partial charge in [-0.05, 0) is 53.1 Å². The highest BCUT2D eigenvalue weighted by molar-refractivity contribution is 6.31. The molecule has 3 N–H and O–H groups in total. The number of esters is 1. The van der Waals surface area contributed by atoms with Crippen molar-refractivity contribution in [3.05, 3.63) is 135 Å². The summed E-state index contributed by atoms with van der Waals surface area (Å²) in [7, 11) is 1.36. The smallest absolute Gasteiger partial charge is 0.337 e. The number of nitrogens with two attached hydrogens (primary N) is 1. The number of nitrogens with one attached hydrogen (secondary N) is 1. The SMILES string of the molecule is CC(=O)c1cc(C(=O)NCc2ccc(F)c(F)c2)nc2c(C(=O)Cc3ccccc3Cl)cnn12.COC(=O)c1ccc(CN)cc1. The third-order valence-electron chi connectivity index (χ3n) is 6.72. The second-order valence-electron chi connectivity index (χ2n) is 9.89. The molecule has 236 valence electrons. The predicted octanol–water partition coefficient (Wildman–Crippen LogP) is 5.15. The van der Waals surface area contributed by atoms with E-state index in [1.165, 1.54) is 36.9 Å². The van der Waals surface area contributed by atoms with E-state index in [9.17, 15) is 28.0 Å². The number of aromatic nitrogens is 3. The number of amides is 1. The van der Waals surface area contributed by atoms with Crippen molar-refractivity contribution in [2.24, 2.45) is 5.73 Å². The summed E-state index contributed by atoms with van der Waals surface area (Å²) in [6, 6.07) is 18.4. The molecule has 0 bridgehead atoms. The standard InChI is InChI=1S/C24H17ClF2N4O3.C9H11NO2/c1-13(32)21-10-20(24(34)28-11-14-6-7-18(26)19(27)8-14)30-23-16(12-29-31(21)23)22(33)9-15-4-2-3-5-17(15)25;1-12-9(11)8-4-2-7(6-10)3-5-8/h2-8,10,12H,9,11H2,1H3,(H,28,34);2-5H,6,10H2,1H3. The van der Waals surface area contributed by atoms with Crippen molar-refractivity contribution in [2.45, 2.75) is 26.4 Å². The number of nitrogens with zero attached hydrogens (tertiary/aromatic N) is 3. The summed E-state index contributed by atoms with van der Waals surface area (Å²) in [4.78, 5) is 53.1. The molecule has 1 amide bonds. The molecular formula is C33H28ClF2N5O5. The van der Waals surface area contributed by atoms with Gasteiger partial charge in [0.25, 0.3) is 5.91 Å². The van der Waals surface area contributed by atoms with E-state index in [1.807, 2.05) is 12.1 Å². The molecule has 0 unspecified atom stereocenters. The number of carbonyl (C=O) groups is 4. The van der Waals surface area contributed by atoms with Gasteiger partial charge in [-0.2, -0.15) is 5.10 Å². The summed E-state index contributed by atoms with van der Waals surface area (Å²) in [5.74, 6) is -3.76. The quantitative estimate of drug-likeness (QED) is 0.165. The molecule has 13 heteroatoms. The van der Waals surface area contributed by atoms with E-state index in [4.69, 9.17) is 17.3 Å². The molecule has 0 radical (unpaired) electrons. The summed E-state index contributed by atoms with van der Waals surface area (Å²) in [5.41, 5.74) is 7.98. The van der Waals surface area contributed by atoms with E-state index in [1.54, 1.807) is 36.4 Å². The minimum atomic E-state index is -1.04. The van der Waals surface area contributed by atoms with Gasteiger partial charge in [-0.15, -0.1) is 0 Å². The number of rotatable bonds is 9. The Morgan fingerprint density at radius 1 is 0.957 bits per heavy atom. The average Bonchev–Trinajstić information content (AvgIpc) is 3.50. The van der Waals surface area contributed by atoms with E-state index in [0.29, 0.717) is 28.3 Å². The number of ketones is 2. The first-order chi connectivity index (χ1) is 22.0. The topological polar surface area (TPSA) is 146 Å². The molecule has 5 rings (SSSR count). The van der Waals surface area contributed by atoms with Crippen LogP contribution in [0.15, 0.2) is 79.0 Å². The molecule has 0 aliphatic carbocycles. The van der Waals surface area contributed by atoms with Crippen molar-refractivity contribution in [2.75, 3.05) is 7.11 Å². The van der Waals surface area contributed by atoms with Crippen LogP contribution in [0.4, 0.5) is 8.78 Å². The van der Waals surface area contributed by atoms with Gasteiger partial charge in [0.1, 0.15) is 11.4 Å². The first-order valence-corrected chi connectivity index (χ1v) is 14.2. The zero-order chi connectivity index (χ0) is 33.4. The van der Waals surface area contributed by atoms with Gasteiger partial charge in [-0.1, -0.05) is 48.0 Å². The molecule has 3 aromatic carbocycles. The number of benzene rings is 3. The molecule has 0 aliphatic rings. The van der Waals surface area contributed by atoms with Crippen LogP contribution in [0.5, 0.6) is 0 Å². The predicted molar refractivity (Wildman–Crippen MR) is 166 cm³/mol. The fourth-order valence-electron chi connectivity index (χ4n) is 4.25. The number of halogens is 3. The summed E-state index contributed by atoms with van der Waals surface area (Å²) >= 11 is 6.15. The number of ether oxygens (including phenoxy) is 1. The van der Waals surface area contributed by atoms with Crippen molar-refractivity contribution in [1.29, 1.82) is 0 Å².